The maximum Gasteiger partial charge on any atom is 0.338 e. The number of hydrazine groups is 1. The lowest BCUT2D eigenvalue weighted by Crippen LogP contribution is -2.43. The second-order valence-electron chi connectivity index (χ2n) is 7.79. The zero-order chi connectivity index (χ0) is 25.8. The van der Waals surface area contributed by atoms with Crippen molar-refractivity contribution in [1.82, 2.24) is 10.9 Å². The van der Waals surface area contributed by atoms with E-state index in [-0.39, 0.29) is 24.3 Å². The zero-order valence-electron chi connectivity index (χ0n) is 19.3. The van der Waals surface area contributed by atoms with Crippen molar-refractivity contribution in [2.24, 2.45) is 5.92 Å². The Kier molecular flexibility index (Phi) is 10.7. The second kappa shape index (κ2) is 13.7. The first kappa shape index (κ1) is 27.3. The highest BCUT2D eigenvalue weighted by Gasteiger charge is 2.13. The summed E-state index contributed by atoms with van der Waals surface area (Å²) in [6.45, 7) is 3.54. The van der Waals surface area contributed by atoms with Crippen LogP contribution in [0.25, 0.3) is 0 Å². The molecule has 2 rings (SSSR count). The molecule has 0 aliphatic carbocycles. The Morgan fingerprint density at radius 3 is 2.06 bits per heavy atom. The average molecular weight is 504 g/mol. The molecule has 0 aromatic heterocycles. The van der Waals surface area contributed by atoms with Gasteiger partial charge in [0.05, 0.1) is 18.6 Å². The standard InChI is InChI=1S/C24H26ClN3O7/c1-15(2)13-35-24(33)17-5-9-19(10-6-17)26-20(29)11-12-22(31)34-14-21(30)27-28-23(32)16-3-7-18(25)8-4-16/h3-10,15H,11-14H2,1-2H3,(H,26,29)(H,27,30)(H,28,32). The van der Waals surface area contributed by atoms with Gasteiger partial charge >= 0.3 is 11.9 Å². The van der Waals surface area contributed by atoms with E-state index in [9.17, 15) is 24.0 Å². The van der Waals surface area contributed by atoms with Crippen molar-refractivity contribution < 1.29 is 33.4 Å². The van der Waals surface area contributed by atoms with E-state index in [4.69, 9.17) is 21.1 Å². The fourth-order valence-corrected chi connectivity index (χ4v) is 2.63. The Morgan fingerprint density at radius 2 is 1.43 bits per heavy atom. The topological polar surface area (TPSA) is 140 Å². The Hall–Kier alpha value is -3.92. The van der Waals surface area contributed by atoms with Crippen LogP contribution in [0.1, 0.15) is 47.4 Å². The number of amides is 3. The molecule has 0 fully saturated rings. The third-order valence-electron chi connectivity index (χ3n) is 4.29. The lowest BCUT2D eigenvalue weighted by molar-refractivity contribution is -0.149. The number of halogens is 1. The molecule has 0 spiro atoms. The van der Waals surface area contributed by atoms with E-state index in [0.717, 1.165) is 0 Å². The molecule has 186 valence electrons. The molecule has 0 aliphatic rings. The van der Waals surface area contributed by atoms with Gasteiger partial charge in [-0.25, -0.2) is 4.79 Å². The quantitative estimate of drug-likeness (QED) is 0.334. The van der Waals surface area contributed by atoms with E-state index in [0.29, 0.717) is 22.9 Å². The van der Waals surface area contributed by atoms with Crippen LogP contribution in [-0.4, -0.2) is 42.9 Å². The molecule has 0 saturated heterocycles. The van der Waals surface area contributed by atoms with Crippen LogP contribution in [-0.2, 0) is 23.9 Å². The van der Waals surface area contributed by atoms with Crippen LogP contribution in [0.2, 0.25) is 5.02 Å². The maximum absolute atomic E-state index is 12.0. The van der Waals surface area contributed by atoms with E-state index in [2.05, 4.69) is 16.2 Å². The summed E-state index contributed by atoms with van der Waals surface area (Å²) in [6, 6.07) is 12.1. The number of benzene rings is 2. The number of rotatable bonds is 10. The highest BCUT2D eigenvalue weighted by atomic mass is 35.5. The van der Waals surface area contributed by atoms with Crippen LogP contribution >= 0.6 is 11.6 Å². The van der Waals surface area contributed by atoms with Crippen molar-refractivity contribution in [3.05, 3.63) is 64.7 Å². The molecule has 10 nitrogen and oxygen atoms in total. The van der Waals surface area contributed by atoms with Crippen molar-refractivity contribution >= 4 is 46.9 Å². The number of hydrogen-bond donors (Lipinski definition) is 3. The predicted octanol–water partition coefficient (Wildman–Crippen LogP) is 2.88. The molecule has 11 heteroatoms. The maximum atomic E-state index is 12.0. The summed E-state index contributed by atoms with van der Waals surface area (Å²) < 4.78 is 9.92. The molecule has 3 amide bonds. The summed E-state index contributed by atoms with van der Waals surface area (Å²) in [5.74, 6) is -2.76. The molecule has 0 heterocycles. The first-order valence-corrected chi connectivity index (χ1v) is 11.1. The largest absolute Gasteiger partial charge is 0.462 e. The van der Waals surface area contributed by atoms with Gasteiger partial charge in [-0.2, -0.15) is 0 Å². The monoisotopic (exact) mass is 503 g/mol. The van der Waals surface area contributed by atoms with Gasteiger partial charge in [0.2, 0.25) is 5.91 Å². The fraction of sp³-hybridized carbons (Fsp3) is 0.292. The minimum Gasteiger partial charge on any atom is -0.462 e. The van der Waals surface area contributed by atoms with Gasteiger partial charge in [0.1, 0.15) is 0 Å². The minimum atomic E-state index is -0.762. The van der Waals surface area contributed by atoms with Crippen molar-refractivity contribution in [2.45, 2.75) is 26.7 Å². The smallest absolute Gasteiger partial charge is 0.338 e. The minimum absolute atomic E-state index is 0.175. The first-order valence-electron chi connectivity index (χ1n) is 10.7. The SMILES string of the molecule is CC(C)COC(=O)c1ccc(NC(=O)CCC(=O)OCC(=O)NNC(=O)c2ccc(Cl)cc2)cc1. The molecule has 0 atom stereocenters. The van der Waals surface area contributed by atoms with Gasteiger partial charge in [-0.15, -0.1) is 0 Å². The van der Waals surface area contributed by atoms with Crippen LogP contribution in [0.15, 0.2) is 48.5 Å². The van der Waals surface area contributed by atoms with E-state index >= 15 is 0 Å². The van der Waals surface area contributed by atoms with Crippen LogP contribution in [0.5, 0.6) is 0 Å². The third kappa shape index (κ3) is 10.3. The average Bonchev–Trinajstić information content (AvgIpc) is 2.84. The van der Waals surface area contributed by atoms with Crippen LogP contribution in [0.4, 0.5) is 5.69 Å². The van der Waals surface area contributed by atoms with Gasteiger partial charge in [-0.05, 0) is 54.4 Å². The lowest BCUT2D eigenvalue weighted by Gasteiger charge is -2.09. The number of carbonyl (C=O) groups is 5. The Balaban J connectivity index is 1.65. The number of anilines is 1. The summed E-state index contributed by atoms with van der Waals surface area (Å²) >= 11 is 5.74. The molecule has 3 N–H and O–H groups in total. The van der Waals surface area contributed by atoms with E-state index < -0.39 is 36.3 Å². The first-order chi connectivity index (χ1) is 16.6. The van der Waals surface area contributed by atoms with Crippen molar-refractivity contribution in [2.75, 3.05) is 18.5 Å². The molecule has 0 saturated carbocycles. The molecular formula is C24H26ClN3O7. The van der Waals surface area contributed by atoms with E-state index in [1.807, 2.05) is 13.8 Å². The molecular weight excluding hydrogens is 478 g/mol. The number of carbonyl (C=O) groups excluding carboxylic acids is 5. The molecule has 0 radical (unpaired) electrons. The number of esters is 2. The molecule has 2 aromatic rings. The summed E-state index contributed by atoms with van der Waals surface area (Å²) in [4.78, 5) is 59.4. The van der Waals surface area contributed by atoms with Gasteiger partial charge in [-0.3, -0.25) is 30.0 Å². The summed E-state index contributed by atoms with van der Waals surface area (Å²) in [6.07, 6.45) is -0.429. The summed E-state index contributed by atoms with van der Waals surface area (Å²) in [5, 5.41) is 3.06. The highest BCUT2D eigenvalue weighted by Crippen LogP contribution is 2.12. The van der Waals surface area contributed by atoms with Crippen molar-refractivity contribution in [1.29, 1.82) is 0 Å². The molecule has 0 aliphatic heterocycles. The normalized spacial score (nSPS) is 10.3. The van der Waals surface area contributed by atoms with Crippen LogP contribution < -0.4 is 16.2 Å². The van der Waals surface area contributed by atoms with Gasteiger partial charge in [0.15, 0.2) is 6.61 Å². The van der Waals surface area contributed by atoms with Crippen molar-refractivity contribution in [3.8, 4) is 0 Å². The number of nitrogens with one attached hydrogen (secondary N) is 3. The van der Waals surface area contributed by atoms with Gasteiger partial charge < -0.3 is 14.8 Å². The van der Waals surface area contributed by atoms with Crippen molar-refractivity contribution in [3.63, 3.8) is 0 Å². The molecule has 35 heavy (non-hydrogen) atoms. The predicted molar refractivity (Wildman–Crippen MR) is 127 cm³/mol. The number of ether oxygens (including phenoxy) is 2. The molecule has 0 unspecified atom stereocenters. The number of hydrogen-bond acceptors (Lipinski definition) is 7. The van der Waals surface area contributed by atoms with Gasteiger partial charge in [0, 0.05) is 22.7 Å². The Labute approximate surface area is 207 Å². The van der Waals surface area contributed by atoms with E-state index in [1.54, 1.807) is 12.1 Å². The Morgan fingerprint density at radius 1 is 0.800 bits per heavy atom. The zero-order valence-corrected chi connectivity index (χ0v) is 20.0. The second-order valence-corrected chi connectivity index (χ2v) is 8.22. The van der Waals surface area contributed by atoms with Crippen LogP contribution in [0, 0.1) is 5.92 Å². The molecule has 2 aromatic carbocycles. The molecule has 0 bridgehead atoms. The van der Waals surface area contributed by atoms with Crippen LogP contribution in [0.3, 0.4) is 0 Å². The lowest BCUT2D eigenvalue weighted by atomic mass is 10.2. The van der Waals surface area contributed by atoms with E-state index in [1.165, 1.54) is 36.4 Å². The van der Waals surface area contributed by atoms with Gasteiger partial charge in [0.25, 0.3) is 11.8 Å². The summed E-state index contributed by atoms with van der Waals surface area (Å²) in [5.41, 5.74) is 5.37. The third-order valence-corrected chi connectivity index (χ3v) is 4.55. The Bertz CT molecular complexity index is 1050. The summed E-state index contributed by atoms with van der Waals surface area (Å²) in [7, 11) is 0. The highest BCUT2D eigenvalue weighted by molar-refractivity contribution is 6.30. The fourth-order valence-electron chi connectivity index (χ4n) is 2.51. The van der Waals surface area contributed by atoms with Gasteiger partial charge in [-0.1, -0.05) is 25.4 Å².